The van der Waals surface area contributed by atoms with Crippen LogP contribution in [-0.4, -0.2) is 32.0 Å². The SMILES string of the molecule is CC(C)(C)[Si](C)(C)OC[C@@H]1CCc2nn(-c3ccccc3)c[n+]21.F[B-](F)(F)F. The van der Waals surface area contributed by atoms with Gasteiger partial charge in [-0.05, 0) is 36.7 Å². The van der Waals surface area contributed by atoms with E-state index in [9.17, 15) is 17.3 Å². The molecule has 0 spiro atoms. The maximum Gasteiger partial charge on any atom is 0.673 e. The van der Waals surface area contributed by atoms with Crippen LogP contribution in [-0.2, 0) is 10.8 Å². The number of aryl methyl sites for hydroxylation is 1. The summed E-state index contributed by atoms with van der Waals surface area (Å²) in [4.78, 5) is 0. The number of benzene rings is 1. The van der Waals surface area contributed by atoms with E-state index in [0.717, 1.165) is 31.0 Å². The standard InChI is InChI=1S/C18H28N3OSi.BF4/c1-18(2,3)23(4,5)22-13-16-11-12-17-19-21(14-20(16)17)15-9-7-6-8-10-15;2-1(3,4)5/h6-10,14,16H,11-13H2,1-5H3;/q+1;-1/t16-;/m0./s1. The number of fused-ring (bicyclic) bond motifs is 1. The molecule has 2 aromatic rings. The molecular weight excluding hydrogens is 389 g/mol. The van der Waals surface area contributed by atoms with E-state index in [-0.39, 0.29) is 5.04 Å². The van der Waals surface area contributed by atoms with Crippen LogP contribution in [0.25, 0.3) is 5.69 Å². The van der Waals surface area contributed by atoms with Gasteiger partial charge in [-0.25, -0.2) is 4.57 Å². The second-order valence-corrected chi connectivity index (χ2v) is 13.3. The third-order valence-corrected chi connectivity index (χ3v) is 9.81. The monoisotopic (exact) mass is 417 g/mol. The third kappa shape index (κ3) is 6.17. The number of aromatic nitrogens is 3. The Morgan fingerprint density at radius 1 is 1.18 bits per heavy atom. The third-order valence-electron chi connectivity index (χ3n) is 5.31. The minimum atomic E-state index is -6.00. The van der Waals surface area contributed by atoms with E-state index in [0.29, 0.717) is 6.04 Å². The fourth-order valence-electron chi connectivity index (χ4n) is 2.70. The van der Waals surface area contributed by atoms with Crippen LogP contribution in [0.15, 0.2) is 36.7 Å². The van der Waals surface area contributed by atoms with Crippen molar-refractivity contribution in [2.75, 3.05) is 6.61 Å². The molecule has 0 radical (unpaired) electrons. The lowest BCUT2D eigenvalue weighted by molar-refractivity contribution is -0.718. The van der Waals surface area contributed by atoms with E-state index in [1.807, 2.05) is 22.9 Å². The van der Waals surface area contributed by atoms with Crippen molar-refractivity contribution in [3.63, 3.8) is 0 Å². The van der Waals surface area contributed by atoms with Crippen LogP contribution in [0.5, 0.6) is 0 Å². The van der Waals surface area contributed by atoms with Crippen LogP contribution in [0.4, 0.5) is 17.3 Å². The molecule has 1 aliphatic heterocycles. The minimum Gasteiger partial charge on any atom is -0.418 e. The summed E-state index contributed by atoms with van der Waals surface area (Å²) < 4.78 is 49.7. The molecule has 10 heteroatoms. The summed E-state index contributed by atoms with van der Waals surface area (Å²) in [5.74, 6) is 1.16. The van der Waals surface area contributed by atoms with Crippen molar-refractivity contribution < 1.29 is 26.3 Å². The summed E-state index contributed by atoms with van der Waals surface area (Å²) in [6.45, 7) is 12.3. The van der Waals surface area contributed by atoms with Crippen molar-refractivity contribution >= 4 is 15.6 Å². The fraction of sp³-hybridized carbons (Fsp3) is 0.556. The largest absolute Gasteiger partial charge is 0.673 e. The minimum absolute atomic E-state index is 0.257. The lowest BCUT2D eigenvalue weighted by atomic mass is 10.2. The molecule has 4 nitrogen and oxygen atoms in total. The molecule has 1 aliphatic rings. The number of rotatable bonds is 4. The molecule has 0 unspecified atom stereocenters. The van der Waals surface area contributed by atoms with Gasteiger partial charge in [-0.15, -0.1) is 0 Å². The van der Waals surface area contributed by atoms with E-state index in [1.54, 1.807) is 0 Å². The Hall–Kier alpha value is -1.68. The lowest BCUT2D eigenvalue weighted by Crippen LogP contribution is -2.45. The van der Waals surface area contributed by atoms with Gasteiger partial charge < -0.3 is 21.7 Å². The first-order chi connectivity index (χ1) is 12.8. The maximum atomic E-state index is 9.75. The first kappa shape index (κ1) is 22.6. The van der Waals surface area contributed by atoms with Crippen LogP contribution in [0.2, 0.25) is 18.1 Å². The lowest BCUT2D eigenvalue weighted by Gasteiger charge is -2.36. The van der Waals surface area contributed by atoms with Crippen LogP contribution >= 0.6 is 0 Å². The zero-order valence-corrected chi connectivity index (χ0v) is 18.0. The van der Waals surface area contributed by atoms with Gasteiger partial charge in [0, 0.05) is 11.5 Å². The van der Waals surface area contributed by atoms with Gasteiger partial charge in [0.25, 0.3) is 5.82 Å². The molecule has 0 N–H and O–H groups in total. The zero-order chi connectivity index (χ0) is 21.2. The molecule has 0 amide bonds. The second kappa shape index (κ2) is 8.36. The highest BCUT2D eigenvalue weighted by Crippen LogP contribution is 2.37. The van der Waals surface area contributed by atoms with Gasteiger partial charge in [0.05, 0.1) is 6.61 Å². The van der Waals surface area contributed by atoms with Gasteiger partial charge in [-0.1, -0.05) is 43.7 Å². The predicted molar refractivity (Wildman–Crippen MR) is 104 cm³/mol. The summed E-state index contributed by atoms with van der Waals surface area (Å²) in [5, 5.41) is 5.00. The van der Waals surface area contributed by atoms with Gasteiger partial charge in [-0.3, -0.25) is 0 Å². The quantitative estimate of drug-likeness (QED) is 0.400. The molecule has 0 aliphatic carbocycles. The van der Waals surface area contributed by atoms with Crippen LogP contribution in [0.1, 0.15) is 39.1 Å². The van der Waals surface area contributed by atoms with E-state index < -0.39 is 15.6 Å². The number of nitrogens with zero attached hydrogens (tertiary/aromatic N) is 3. The first-order valence-electron chi connectivity index (χ1n) is 9.34. The topological polar surface area (TPSA) is 30.9 Å². The Morgan fingerprint density at radius 2 is 1.75 bits per heavy atom. The zero-order valence-electron chi connectivity index (χ0n) is 17.0. The molecule has 2 heterocycles. The number of hydrogen-bond donors (Lipinski definition) is 0. The fourth-order valence-corrected chi connectivity index (χ4v) is 3.74. The molecule has 1 aromatic carbocycles. The summed E-state index contributed by atoms with van der Waals surface area (Å²) in [5.41, 5.74) is 1.11. The molecule has 28 heavy (non-hydrogen) atoms. The smallest absolute Gasteiger partial charge is 0.418 e. The van der Waals surface area contributed by atoms with Crippen LogP contribution < -0.4 is 4.57 Å². The van der Waals surface area contributed by atoms with E-state index in [4.69, 9.17) is 9.52 Å². The Labute approximate surface area is 164 Å². The number of halogens is 4. The highest BCUT2D eigenvalue weighted by molar-refractivity contribution is 6.74. The predicted octanol–water partition coefficient (Wildman–Crippen LogP) is 4.97. The van der Waals surface area contributed by atoms with Crippen molar-refractivity contribution in [1.29, 1.82) is 0 Å². The summed E-state index contributed by atoms with van der Waals surface area (Å²) in [6, 6.07) is 10.7. The second-order valence-electron chi connectivity index (χ2n) is 8.48. The van der Waals surface area contributed by atoms with Crippen LogP contribution in [0, 0.1) is 0 Å². The molecule has 0 saturated heterocycles. The molecule has 156 valence electrons. The maximum absolute atomic E-state index is 9.75. The average Bonchev–Trinajstić information content (AvgIpc) is 3.12. The van der Waals surface area contributed by atoms with Crippen molar-refractivity contribution in [1.82, 2.24) is 9.78 Å². The van der Waals surface area contributed by atoms with Gasteiger partial charge in [0.15, 0.2) is 8.32 Å². The molecule has 0 saturated carbocycles. The van der Waals surface area contributed by atoms with Crippen molar-refractivity contribution in [3.05, 3.63) is 42.5 Å². The number of hydrogen-bond acceptors (Lipinski definition) is 2. The van der Waals surface area contributed by atoms with Crippen molar-refractivity contribution in [3.8, 4) is 5.69 Å². The van der Waals surface area contributed by atoms with Gasteiger partial charge in [0.2, 0.25) is 6.33 Å². The van der Waals surface area contributed by atoms with E-state index in [2.05, 4.69) is 56.9 Å². The Morgan fingerprint density at radius 3 is 2.29 bits per heavy atom. The molecule has 1 aromatic heterocycles. The van der Waals surface area contributed by atoms with Crippen molar-refractivity contribution in [2.45, 2.75) is 57.8 Å². The van der Waals surface area contributed by atoms with Crippen molar-refractivity contribution in [2.24, 2.45) is 0 Å². The number of para-hydroxylation sites is 1. The summed E-state index contributed by atoms with van der Waals surface area (Å²) >= 11 is 0. The van der Waals surface area contributed by atoms with E-state index >= 15 is 0 Å². The summed E-state index contributed by atoms with van der Waals surface area (Å²) in [7, 11) is -7.69. The normalized spacial score (nSPS) is 17.1. The highest BCUT2D eigenvalue weighted by atomic mass is 28.4. The molecule has 0 bridgehead atoms. The Kier molecular flexibility index (Phi) is 6.75. The Bertz CT molecular complexity index is 769. The van der Waals surface area contributed by atoms with Crippen LogP contribution in [0.3, 0.4) is 0 Å². The van der Waals surface area contributed by atoms with Gasteiger partial charge >= 0.3 is 7.25 Å². The van der Waals surface area contributed by atoms with Gasteiger partial charge in [-0.2, -0.15) is 0 Å². The Balaban J connectivity index is 0.000000500. The van der Waals surface area contributed by atoms with E-state index in [1.165, 1.54) is 0 Å². The average molecular weight is 417 g/mol. The molecule has 3 rings (SSSR count). The summed E-state index contributed by atoms with van der Waals surface area (Å²) in [6.07, 6.45) is 4.29. The molecule has 0 fully saturated rings. The molecular formula is C18H28BF4N3OSi. The highest BCUT2D eigenvalue weighted by Gasteiger charge is 2.39. The first-order valence-corrected chi connectivity index (χ1v) is 12.3. The van der Waals surface area contributed by atoms with Gasteiger partial charge in [0.1, 0.15) is 11.7 Å². The molecule has 1 atom stereocenters.